The van der Waals surface area contributed by atoms with Gasteiger partial charge >= 0.3 is 0 Å². The molecule has 0 amide bonds. The first-order valence-electron chi connectivity index (χ1n) is 9.26. The van der Waals surface area contributed by atoms with Gasteiger partial charge in [-0.05, 0) is 32.5 Å². The van der Waals surface area contributed by atoms with Crippen LogP contribution in [0.1, 0.15) is 17.8 Å². The van der Waals surface area contributed by atoms with Crippen molar-refractivity contribution in [1.82, 2.24) is 24.6 Å². The summed E-state index contributed by atoms with van der Waals surface area (Å²) < 4.78 is 1.85. The third-order valence-corrected chi connectivity index (χ3v) is 5.29. The minimum absolute atomic E-state index is 0.574. The lowest BCUT2D eigenvalue weighted by molar-refractivity contribution is 0.315. The fourth-order valence-corrected chi connectivity index (χ4v) is 3.66. The van der Waals surface area contributed by atoms with Gasteiger partial charge < -0.3 is 9.80 Å². The third-order valence-electron chi connectivity index (χ3n) is 5.29. The van der Waals surface area contributed by atoms with Crippen LogP contribution in [-0.2, 0) is 19.9 Å². The van der Waals surface area contributed by atoms with Crippen LogP contribution < -0.4 is 4.90 Å². The molecule has 1 aromatic carbocycles. The summed E-state index contributed by atoms with van der Waals surface area (Å²) >= 11 is 0. The lowest BCUT2D eigenvalue weighted by atomic mass is 10.1. The highest BCUT2D eigenvalue weighted by Crippen LogP contribution is 2.27. The summed E-state index contributed by atoms with van der Waals surface area (Å²) in [6.07, 6.45) is 4.85. The van der Waals surface area contributed by atoms with Crippen molar-refractivity contribution in [2.24, 2.45) is 7.05 Å². The van der Waals surface area contributed by atoms with Crippen molar-refractivity contribution in [3.63, 3.8) is 0 Å². The first-order chi connectivity index (χ1) is 12.6. The second-order valence-electron chi connectivity index (χ2n) is 7.31. The fourth-order valence-electron chi connectivity index (χ4n) is 3.66. The van der Waals surface area contributed by atoms with Crippen LogP contribution >= 0.6 is 0 Å². The highest BCUT2D eigenvalue weighted by atomic mass is 15.3. The summed E-state index contributed by atoms with van der Waals surface area (Å²) in [6.45, 7) is 2.04. The number of aryl methyl sites for hydroxylation is 3. The van der Waals surface area contributed by atoms with Gasteiger partial charge in [-0.25, -0.2) is 9.97 Å². The molecule has 0 saturated carbocycles. The predicted octanol–water partition coefficient (Wildman–Crippen LogP) is 2.29. The monoisotopic (exact) mass is 350 g/mol. The van der Waals surface area contributed by atoms with Crippen molar-refractivity contribution in [3.05, 3.63) is 47.9 Å². The average molecular weight is 350 g/mol. The van der Waals surface area contributed by atoms with E-state index in [1.54, 1.807) is 0 Å². The summed E-state index contributed by atoms with van der Waals surface area (Å²) in [7, 11) is 6.25. The molecular weight excluding hydrogens is 324 g/mol. The molecule has 6 nitrogen and oxygen atoms in total. The lowest BCUT2D eigenvalue weighted by Gasteiger charge is -2.22. The SMILES string of the molecule is CN(C)[C@H]1CCN(c2nc(CCc3ccccc3)nc3c2cnn3C)C1. The number of likely N-dealkylation sites (N-methyl/N-ethyl adjacent to an activating group) is 1. The van der Waals surface area contributed by atoms with Gasteiger partial charge in [-0.3, -0.25) is 4.68 Å². The molecule has 1 aliphatic heterocycles. The molecule has 136 valence electrons. The average Bonchev–Trinajstić information content (AvgIpc) is 3.28. The Kier molecular flexibility index (Phi) is 4.59. The summed E-state index contributed by atoms with van der Waals surface area (Å²) in [5.74, 6) is 1.93. The molecule has 0 radical (unpaired) electrons. The van der Waals surface area contributed by atoms with E-state index in [9.17, 15) is 0 Å². The standard InChI is InChI=1S/C20H26N6/c1-24(2)16-11-12-26(14-16)20-17-13-21-25(3)19(17)22-18(23-20)10-9-15-7-5-4-6-8-15/h4-8,13,16H,9-12,14H2,1-3H3/t16-/m0/s1. The van der Waals surface area contributed by atoms with Crippen LogP contribution in [0, 0.1) is 0 Å². The van der Waals surface area contributed by atoms with Crippen molar-refractivity contribution in [3.8, 4) is 0 Å². The number of benzene rings is 1. The van der Waals surface area contributed by atoms with Crippen molar-refractivity contribution in [2.75, 3.05) is 32.1 Å². The van der Waals surface area contributed by atoms with E-state index in [-0.39, 0.29) is 0 Å². The molecule has 26 heavy (non-hydrogen) atoms. The van der Waals surface area contributed by atoms with E-state index in [2.05, 4.69) is 53.3 Å². The zero-order valence-electron chi connectivity index (χ0n) is 15.8. The molecule has 0 spiro atoms. The summed E-state index contributed by atoms with van der Waals surface area (Å²) in [6, 6.07) is 11.1. The fraction of sp³-hybridized carbons (Fsp3) is 0.450. The largest absolute Gasteiger partial charge is 0.354 e. The van der Waals surface area contributed by atoms with Gasteiger partial charge in [0.25, 0.3) is 0 Å². The van der Waals surface area contributed by atoms with Crippen LogP contribution in [0.15, 0.2) is 36.5 Å². The molecule has 1 aliphatic rings. The molecule has 0 N–H and O–H groups in total. The van der Waals surface area contributed by atoms with Crippen molar-refractivity contribution in [2.45, 2.75) is 25.3 Å². The van der Waals surface area contributed by atoms with Crippen LogP contribution in [0.25, 0.3) is 11.0 Å². The molecule has 1 saturated heterocycles. The number of nitrogens with zero attached hydrogens (tertiary/aromatic N) is 6. The van der Waals surface area contributed by atoms with Crippen molar-refractivity contribution >= 4 is 16.9 Å². The minimum Gasteiger partial charge on any atom is -0.354 e. The zero-order valence-corrected chi connectivity index (χ0v) is 15.8. The number of hydrogen-bond acceptors (Lipinski definition) is 5. The van der Waals surface area contributed by atoms with Crippen molar-refractivity contribution < 1.29 is 0 Å². The third kappa shape index (κ3) is 3.29. The Morgan fingerprint density at radius 3 is 2.65 bits per heavy atom. The number of rotatable bonds is 5. The van der Waals surface area contributed by atoms with Gasteiger partial charge in [0.1, 0.15) is 11.6 Å². The van der Waals surface area contributed by atoms with Crippen molar-refractivity contribution in [1.29, 1.82) is 0 Å². The zero-order chi connectivity index (χ0) is 18.1. The molecule has 1 fully saturated rings. The Morgan fingerprint density at radius 1 is 1.12 bits per heavy atom. The molecule has 0 bridgehead atoms. The number of hydrogen-bond donors (Lipinski definition) is 0. The predicted molar refractivity (Wildman–Crippen MR) is 104 cm³/mol. The van der Waals surface area contributed by atoms with Gasteiger partial charge in [-0.2, -0.15) is 5.10 Å². The molecule has 0 unspecified atom stereocenters. The van der Waals surface area contributed by atoms with Crippen LogP contribution in [-0.4, -0.2) is 57.9 Å². The normalized spacial score (nSPS) is 17.5. The van der Waals surface area contributed by atoms with Gasteiger partial charge in [-0.15, -0.1) is 0 Å². The van der Waals surface area contributed by atoms with E-state index >= 15 is 0 Å². The maximum Gasteiger partial charge on any atom is 0.163 e. The second kappa shape index (κ2) is 7.03. The summed E-state index contributed by atoms with van der Waals surface area (Å²) in [5, 5.41) is 5.47. The highest BCUT2D eigenvalue weighted by molar-refractivity contribution is 5.87. The maximum absolute atomic E-state index is 4.95. The summed E-state index contributed by atoms with van der Waals surface area (Å²) in [4.78, 5) is 14.4. The second-order valence-corrected chi connectivity index (χ2v) is 7.31. The molecular formula is C20H26N6. The quantitative estimate of drug-likeness (QED) is 0.707. The number of fused-ring (bicyclic) bond motifs is 1. The first kappa shape index (κ1) is 17.0. The van der Waals surface area contributed by atoms with Gasteiger partial charge in [0.05, 0.1) is 11.6 Å². The number of anilines is 1. The van der Waals surface area contributed by atoms with E-state index in [0.29, 0.717) is 6.04 Å². The molecule has 4 rings (SSSR count). The van der Waals surface area contributed by atoms with Crippen LogP contribution in [0.3, 0.4) is 0 Å². The van der Waals surface area contributed by atoms with Gasteiger partial charge in [-0.1, -0.05) is 30.3 Å². The Bertz CT molecular complexity index is 886. The smallest absolute Gasteiger partial charge is 0.163 e. The van der Waals surface area contributed by atoms with E-state index in [1.165, 1.54) is 5.56 Å². The van der Waals surface area contributed by atoms with Crippen LogP contribution in [0.2, 0.25) is 0 Å². The van der Waals surface area contributed by atoms with E-state index in [1.807, 2.05) is 24.0 Å². The Balaban J connectivity index is 1.64. The Morgan fingerprint density at radius 2 is 1.92 bits per heavy atom. The molecule has 6 heteroatoms. The highest BCUT2D eigenvalue weighted by Gasteiger charge is 2.27. The Hall–Kier alpha value is -2.47. The van der Waals surface area contributed by atoms with Gasteiger partial charge in [0.15, 0.2) is 5.65 Å². The maximum atomic E-state index is 4.95. The first-order valence-corrected chi connectivity index (χ1v) is 9.26. The lowest BCUT2D eigenvalue weighted by Crippen LogP contribution is -2.32. The molecule has 1 atom stereocenters. The van der Waals surface area contributed by atoms with Crippen LogP contribution in [0.5, 0.6) is 0 Å². The van der Waals surface area contributed by atoms with E-state index in [0.717, 1.165) is 55.0 Å². The van der Waals surface area contributed by atoms with E-state index in [4.69, 9.17) is 9.97 Å². The van der Waals surface area contributed by atoms with E-state index < -0.39 is 0 Å². The topological polar surface area (TPSA) is 50.1 Å². The molecule has 2 aromatic heterocycles. The Labute approximate surface area is 154 Å². The minimum atomic E-state index is 0.574. The number of aromatic nitrogens is 4. The molecule has 3 heterocycles. The van der Waals surface area contributed by atoms with Gasteiger partial charge in [0, 0.05) is 32.6 Å². The molecule has 3 aromatic rings. The summed E-state index contributed by atoms with van der Waals surface area (Å²) in [5.41, 5.74) is 2.24. The van der Waals surface area contributed by atoms with Crippen LogP contribution in [0.4, 0.5) is 5.82 Å². The molecule has 0 aliphatic carbocycles. The van der Waals surface area contributed by atoms with Gasteiger partial charge in [0.2, 0.25) is 0 Å².